The molecule has 0 spiro atoms. The zero-order valence-corrected chi connectivity index (χ0v) is 11.8. The lowest BCUT2D eigenvalue weighted by molar-refractivity contribution is -0.148. The summed E-state index contributed by atoms with van der Waals surface area (Å²) in [6, 6.07) is 4.37. The maximum atomic E-state index is 13.3. The second kappa shape index (κ2) is 7.43. The van der Waals surface area contributed by atoms with E-state index in [9.17, 15) is 14.0 Å². The Morgan fingerprint density at radius 2 is 2.15 bits per heavy atom. The lowest BCUT2D eigenvalue weighted by atomic mass is 10.2. The number of amides is 1. The maximum Gasteiger partial charge on any atom is 0.331 e. The zero-order chi connectivity index (χ0) is 15.1. The highest BCUT2D eigenvalue weighted by Gasteiger charge is 2.16. The molecule has 1 rings (SSSR count). The molecule has 1 amide bonds. The molecule has 0 radical (unpaired) electrons. The number of carbonyl (C=O) groups excluding carboxylic acids is 2. The number of hydrogen-bond acceptors (Lipinski definition) is 3. The van der Waals surface area contributed by atoms with Crippen LogP contribution in [0.4, 0.5) is 10.1 Å². The van der Waals surface area contributed by atoms with Gasteiger partial charge in [-0.2, -0.15) is 0 Å². The molecule has 0 aliphatic heterocycles. The molecule has 0 fully saturated rings. The van der Waals surface area contributed by atoms with Crippen molar-refractivity contribution in [2.45, 2.75) is 33.3 Å². The Kier molecular flexibility index (Phi) is 5.90. The lowest BCUT2D eigenvalue weighted by Crippen LogP contribution is -2.29. The third-order valence-corrected chi connectivity index (χ3v) is 2.59. The molecule has 0 aliphatic rings. The molecule has 108 valence electrons. The fraction of sp³-hybridized carbons (Fsp3) is 0.333. The molecule has 0 unspecified atom stereocenters. The number of aryl methyl sites for hydroxylation is 1. The predicted octanol–water partition coefficient (Wildman–Crippen LogP) is 2.97. The van der Waals surface area contributed by atoms with Gasteiger partial charge in [0, 0.05) is 11.8 Å². The van der Waals surface area contributed by atoms with Gasteiger partial charge in [-0.05, 0) is 38.0 Å². The van der Waals surface area contributed by atoms with Crippen LogP contribution in [0.2, 0.25) is 0 Å². The van der Waals surface area contributed by atoms with Crippen LogP contribution in [0, 0.1) is 12.7 Å². The Hall–Kier alpha value is -2.17. The quantitative estimate of drug-likeness (QED) is 0.666. The SMILES string of the molecule is CC/C=C/C(=O)O[C@@H](C)C(=O)Nc1ccc(C)c(F)c1. The Bertz CT molecular complexity index is 526. The number of anilines is 1. The second-order valence-electron chi connectivity index (χ2n) is 4.34. The number of benzene rings is 1. The second-order valence-corrected chi connectivity index (χ2v) is 4.34. The minimum Gasteiger partial charge on any atom is -0.449 e. The van der Waals surface area contributed by atoms with Crippen LogP contribution in [0.3, 0.4) is 0 Å². The van der Waals surface area contributed by atoms with Crippen LogP contribution in [0.5, 0.6) is 0 Å². The van der Waals surface area contributed by atoms with Crippen LogP contribution in [0.1, 0.15) is 25.8 Å². The fourth-order valence-corrected chi connectivity index (χ4v) is 1.40. The Morgan fingerprint density at radius 3 is 2.75 bits per heavy atom. The molecule has 1 atom stereocenters. The zero-order valence-electron chi connectivity index (χ0n) is 11.8. The van der Waals surface area contributed by atoms with Gasteiger partial charge in [0.05, 0.1) is 0 Å². The van der Waals surface area contributed by atoms with E-state index in [0.717, 1.165) is 0 Å². The standard InChI is InChI=1S/C15H18FNO3/c1-4-5-6-14(18)20-11(3)15(19)17-12-8-7-10(2)13(16)9-12/h5-9,11H,4H2,1-3H3,(H,17,19)/b6-5+/t11-/m0/s1. The predicted molar refractivity (Wildman–Crippen MR) is 74.8 cm³/mol. The highest BCUT2D eigenvalue weighted by molar-refractivity contribution is 5.95. The van der Waals surface area contributed by atoms with Crippen LogP contribution in [0.15, 0.2) is 30.4 Å². The first-order valence-corrected chi connectivity index (χ1v) is 6.38. The molecule has 0 bridgehead atoms. The number of carbonyl (C=O) groups is 2. The largest absolute Gasteiger partial charge is 0.449 e. The molecule has 1 aromatic carbocycles. The first kappa shape index (κ1) is 15.9. The van der Waals surface area contributed by atoms with Crippen molar-refractivity contribution in [3.05, 3.63) is 41.7 Å². The number of nitrogens with one attached hydrogen (secondary N) is 1. The fourth-order valence-electron chi connectivity index (χ4n) is 1.40. The molecule has 20 heavy (non-hydrogen) atoms. The minimum absolute atomic E-state index is 0.324. The van der Waals surface area contributed by atoms with E-state index in [2.05, 4.69) is 5.32 Å². The average molecular weight is 279 g/mol. The van der Waals surface area contributed by atoms with E-state index in [4.69, 9.17) is 4.74 Å². The van der Waals surface area contributed by atoms with Crippen molar-refractivity contribution in [1.82, 2.24) is 0 Å². The van der Waals surface area contributed by atoms with Crippen molar-refractivity contribution in [2.75, 3.05) is 5.32 Å². The minimum atomic E-state index is -0.951. The van der Waals surface area contributed by atoms with Crippen molar-refractivity contribution < 1.29 is 18.7 Å². The smallest absolute Gasteiger partial charge is 0.331 e. The molecule has 5 heteroatoms. The average Bonchev–Trinajstić information content (AvgIpc) is 2.40. The van der Waals surface area contributed by atoms with E-state index in [1.54, 1.807) is 25.1 Å². The van der Waals surface area contributed by atoms with E-state index >= 15 is 0 Å². The first-order valence-electron chi connectivity index (χ1n) is 6.38. The van der Waals surface area contributed by atoms with Crippen molar-refractivity contribution in [1.29, 1.82) is 0 Å². The molecule has 0 saturated heterocycles. The summed E-state index contributed by atoms with van der Waals surface area (Å²) in [6.45, 7) is 4.97. The van der Waals surface area contributed by atoms with Gasteiger partial charge in [-0.25, -0.2) is 9.18 Å². The monoisotopic (exact) mass is 279 g/mol. The third-order valence-electron chi connectivity index (χ3n) is 2.59. The highest BCUT2D eigenvalue weighted by atomic mass is 19.1. The van der Waals surface area contributed by atoms with Crippen molar-refractivity contribution >= 4 is 17.6 Å². The Labute approximate surface area is 117 Å². The van der Waals surface area contributed by atoms with E-state index in [1.807, 2.05) is 6.92 Å². The lowest BCUT2D eigenvalue weighted by Gasteiger charge is -2.12. The van der Waals surface area contributed by atoms with Gasteiger partial charge in [-0.3, -0.25) is 4.79 Å². The van der Waals surface area contributed by atoms with Gasteiger partial charge >= 0.3 is 5.97 Å². The molecule has 0 aromatic heterocycles. The molecule has 1 N–H and O–H groups in total. The maximum absolute atomic E-state index is 13.3. The van der Waals surface area contributed by atoms with Crippen LogP contribution < -0.4 is 5.32 Å². The summed E-state index contributed by atoms with van der Waals surface area (Å²) in [5, 5.41) is 2.49. The van der Waals surface area contributed by atoms with Crippen molar-refractivity contribution in [3.63, 3.8) is 0 Å². The molecule has 4 nitrogen and oxygen atoms in total. The van der Waals surface area contributed by atoms with Crippen LogP contribution in [-0.4, -0.2) is 18.0 Å². The topological polar surface area (TPSA) is 55.4 Å². The van der Waals surface area contributed by atoms with Gasteiger partial charge in [0.15, 0.2) is 6.10 Å². The van der Waals surface area contributed by atoms with Gasteiger partial charge in [-0.1, -0.05) is 19.1 Å². The Balaban J connectivity index is 2.59. The van der Waals surface area contributed by atoms with Gasteiger partial charge in [0.2, 0.25) is 0 Å². The van der Waals surface area contributed by atoms with Gasteiger partial charge in [0.1, 0.15) is 5.82 Å². The van der Waals surface area contributed by atoms with E-state index in [1.165, 1.54) is 19.1 Å². The number of allylic oxidation sites excluding steroid dienone is 1. The molecular weight excluding hydrogens is 261 g/mol. The first-order chi connectivity index (χ1) is 9.43. The normalized spacial score (nSPS) is 12.2. The van der Waals surface area contributed by atoms with Crippen molar-refractivity contribution in [2.24, 2.45) is 0 Å². The van der Waals surface area contributed by atoms with Gasteiger partial charge in [-0.15, -0.1) is 0 Å². The van der Waals surface area contributed by atoms with E-state index < -0.39 is 23.8 Å². The molecule has 0 aliphatic carbocycles. The summed E-state index contributed by atoms with van der Waals surface area (Å²) < 4.78 is 18.2. The summed E-state index contributed by atoms with van der Waals surface area (Å²) in [5.74, 6) is -1.49. The van der Waals surface area contributed by atoms with Crippen LogP contribution >= 0.6 is 0 Å². The Morgan fingerprint density at radius 1 is 1.45 bits per heavy atom. The number of ether oxygens (including phenoxy) is 1. The van der Waals surface area contributed by atoms with Crippen LogP contribution in [-0.2, 0) is 14.3 Å². The number of esters is 1. The molecule has 1 aromatic rings. The summed E-state index contributed by atoms with van der Waals surface area (Å²) in [4.78, 5) is 23.1. The molecular formula is C15H18FNO3. The highest BCUT2D eigenvalue weighted by Crippen LogP contribution is 2.14. The van der Waals surface area contributed by atoms with Crippen molar-refractivity contribution in [3.8, 4) is 0 Å². The summed E-state index contributed by atoms with van der Waals surface area (Å²) in [7, 11) is 0. The molecule has 0 heterocycles. The van der Waals surface area contributed by atoms with E-state index in [-0.39, 0.29) is 0 Å². The summed E-state index contributed by atoms with van der Waals surface area (Å²) >= 11 is 0. The number of rotatable bonds is 5. The number of halogens is 1. The van der Waals surface area contributed by atoms with Crippen LogP contribution in [0.25, 0.3) is 0 Å². The van der Waals surface area contributed by atoms with E-state index in [0.29, 0.717) is 17.7 Å². The molecule has 0 saturated carbocycles. The summed E-state index contributed by atoms with van der Waals surface area (Å²) in [6.07, 6.45) is 2.67. The van der Waals surface area contributed by atoms with Gasteiger partial charge < -0.3 is 10.1 Å². The summed E-state index contributed by atoms with van der Waals surface area (Å²) in [5.41, 5.74) is 0.817. The van der Waals surface area contributed by atoms with Gasteiger partial charge in [0.25, 0.3) is 5.91 Å². The third kappa shape index (κ3) is 4.84. The number of hydrogen-bond donors (Lipinski definition) is 1.